The van der Waals surface area contributed by atoms with Crippen LogP contribution in [0.15, 0.2) is 12.1 Å². The zero-order valence-electron chi connectivity index (χ0n) is 7.92. The lowest BCUT2D eigenvalue weighted by molar-refractivity contribution is 0.573. The van der Waals surface area contributed by atoms with E-state index in [1.165, 1.54) is 12.1 Å². The largest absolute Gasteiger partial charge is 0.398 e. The van der Waals surface area contributed by atoms with Gasteiger partial charge in [-0.1, -0.05) is 13.0 Å². The lowest BCUT2D eigenvalue weighted by Gasteiger charge is -2.11. The number of nitrogen functional groups attached to an aromatic ring is 1. The van der Waals surface area contributed by atoms with Gasteiger partial charge in [0.25, 0.3) is 0 Å². The van der Waals surface area contributed by atoms with Crippen LogP contribution >= 0.6 is 0 Å². The van der Waals surface area contributed by atoms with Crippen molar-refractivity contribution in [3.05, 3.63) is 29.1 Å². The maximum Gasteiger partial charge on any atom is 0.147 e. The Balaban J connectivity index is 3.30. The third-order valence-corrected chi connectivity index (χ3v) is 2.16. The lowest BCUT2D eigenvalue weighted by Crippen LogP contribution is -2.12. The summed E-state index contributed by atoms with van der Waals surface area (Å²) in [6, 6.07) is 4.37. The van der Waals surface area contributed by atoms with Gasteiger partial charge >= 0.3 is 0 Å². The Labute approximate surface area is 82.1 Å². The molecular weight excluding hydrogens is 181 g/mol. The van der Waals surface area contributed by atoms with Crippen molar-refractivity contribution in [1.82, 2.24) is 0 Å². The molecule has 0 amide bonds. The first-order valence-electron chi connectivity index (χ1n) is 4.35. The molecule has 1 rings (SSSR count). The zero-order chi connectivity index (χ0) is 10.7. The molecule has 0 spiro atoms. The van der Waals surface area contributed by atoms with Crippen LogP contribution < -0.4 is 11.5 Å². The summed E-state index contributed by atoms with van der Waals surface area (Å²) in [6.45, 7) is 1.85. The average Bonchev–Trinajstić information content (AvgIpc) is 2.18. The molecule has 4 N–H and O–H groups in total. The van der Waals surface area contributed by atoms with E-state index in [-0.39, 0.29) is 17.3 Å². The van der Waals surface area contributed by atoms with E-state index in [4.69, 9.17) is 16.7 Å². The van der Waals surface area contributed by atoms with E-state index in [0.717, 1.165) is 0 Å². The van der Waals surface area contributed by atoms with E-state index >= 15 is 0 Å². The van der Waals surface area contributed by atoms with Gasteiger partial charge in [-0.3, -0.25) is 0 Å². The molecule has 0 saturated carbocycles. The number of rotatable bonds is 2. The van der Waals surface area contributed by atoms with Gasteiger partial charge in [0, 0.05) is 11.6 Å². The molecule has 1 aromatic carbocycles. The molecule has 0 aliphatic heterocycles. The van der Waals surface area contributed by atoms with E-state index in [2.05, 4.69) is 0 Å². The highest BCUT2D eigenvalue weighted by Crippen LogP contribution is 2.24. The molecule has 4 heteroatoms. The van der Waals surface area contributed by atoms with E-state index in [1.54, 1.807) is 6.07 Å². The van der Waals surface area contributed by atoms with Gasteiger partial charge in [0.2, 0.25) is 0 Å². The SMILES string of the molecule is CCC(N)c1ccc(N)c(C#N)c1F. The third-order valence-electron chi connectivity index (χ3n) is 2.16. The second-order valence-electron chi connectivity index (χ2n) is 3.06. The van der Waals surface area contributed by atoms with Crippen molar-refractivity contribution < 1.29 is 4.39 Å². The van der Waals surface area contributed by atoms with Crippen LogP contribution in [0.3, 0.4) is 0 Å². The Hall–Kier alpha value is -1.60. The van der Waals surface area contributed by atoms with Crippen molar-refractivity contribution >= 4 is 5.69 Å². The maximum absolute atomic E-state index is 13.6. The van der Waals surface area contributed by atoms with Crippen molar-refractivity contribution in [2.45, 2.75) is 19.4 Å². The molecule has 0 bridgehead atoms. The Morgan fingerprint density at radius 3 is 2.71 bits per heavy atom. The van der Waals surface area contributed by atoms with E-state index in [9.17, 15) is 4.39 Å². The van der Waals surface area contributed by atoms with Gasteiger partial charge < -0.3 is 11.5 Å². The Morgan fingerprint density at radius 2 is 2.21 bits per heavy atom. The summed E-state index contributed by atoms with van der Waals surface area (Å²) in [5, 5.41) is 8.67. The van der Waals surface area contributed by atoms with Crippen LogP contribution in [0, 0.1) is 17.1 Å². The van der Waals surface area contributed by atoms with Crippen LogP contribution in [0.1, 0.15) is 30.5 Å². The number of hydrogen-bond acceptors (Lipinski definition) is 3. The lowest BCUT2D eigenvalue weighted by atomic mass is 10.0. The number of nitrogens with two attached hydrogens (primary N) is 2. The molecule has 1 aromatic rings. The molecule has 0 fully saturated rings. The summed E-state index contributed by atoms with van der Waals surface area (Å²) in [6.07, 6.45) is 0.617. The predicted octanol–water partition coefficient (Wildman–Crippen LogP) is 1.69. The highest BCUT2D eigenvalue weighted by Gasteiger charge is 2.15. The number of halogens is 1. The fourth-order valence-electron chi connectivity index (χ4n) is 1.23. The average molecular weight is 193 g/mol. The van der Waals surface area contributed by atoms with Gasteiger partial charge in [-0.2, -0.15) is 5.26 Å². The van der Waals surface area contributed by atoms with Crippen LogP contribution in [-0.2, 0) is 0 Å². The Bertz CT molecular complexity index is 382. The minimum absolute atomic E-state index is 0.119. The number of hydrogen-bond donors (Lipinski definition) is 2. The minimum Gasteiger partial charge on any atom is -0.398 e. The first-order chi connectivity index (χ1) is 6.61. The second-order valence-corrected chi connectivity index (χ2v) is 3.06. The van der Waals surface area contributed by atoms with Crippen LogP contribution in [-0.4, -0.2) is 0 Å². The molecule has 74 valence electrons. The molecule has 1 unspecified atom stereocenters. The monoisotopic (exact) mass is 193 g/mol. The summed E-state index contributed by atoms with van der Waals surface area (Å²) in [5.41, 5.74) is 11.5. The summed E-state index contributed by atoms with van der Waals surface area (Å²) in [4.78, 5) is 0. The summed E-state index contributed by atoms with van der Waals surface area (Å²) in [7, 11) is 0. The fourth-order valence-corrected chi connectivity index (χ4v) is 1.23. The molecule has 0 aromatic heterocycles. The van der Waals surface area contributed by atoms with Crippen molar-refractivity contribution in [3.63, 3.8) is 0 Å². The minimum atomic E-state index is -0.596. The standard InChI is InChI=1S/C10H12FN3/c1-2-8(13)6-3-4-9(14)7(5-12)10(6)11/h3-4,8H,2,13-14H2,1H3. The van der Waals surface area contributed by atoms with Gasteiger partial charge in [0.05, 0.1) is 5.69 Å². The molecule has 1 atom stereocenters. The number of anilines is 1. The third kappa shape index (κ3) is 1.68. The molecule has 0 heterocycles. The van der Waals surface area contributed by atoms with Gasteiger partial charge in [0.1, 0.15) is 17.4 Å². The van der Waals surface area contributed by atoms with Crippen molar-refractivity contribution in [2.24, 2.45) is 5.73 Å². The Morgan fingerprint density at radius 1 is 1.57 bits per heavy atom. The normalized spacial score (nSPS) is 12.1. The maximum atomic E-state index is 13.6. The van der Waals surface area contributed by atoms with Crippen LogP contribution in [0.5, 0.6) is 0 Å². The summed E-state index contributed by atoms with van der Waals surface area (Å²) in [5.74, 6) is -0.596. The molecule has 0 saturated heterocycles. The number of nitrogens with zero attached hydrogens (tertiary/aromatic N) is 1. The van der Waals surface area contributed by atoms with Crippen molar-refractivity contribution in [3.8, 4) is 6.07 Å². The first kappa shape index (κ1) is 10.5. The van der Waals surface area contributed by atoms with Gasteiger partial charge in [-0.25, -0.2) is 4.39 Å². The van der Waals surface area contributed by atoms with Crippen LogP contribution in [0.4, 0.5) is 10.1 Å². The topological polar surface area (TPSA) is 75.8 Å². The van der Waals surface area contributed by atoms with Crippen LogP contribution in [0.2, 0.25) is 0 Å². The van der Waals surface area contributed by atoms with Crippen molar-refractivity contribution in [1.29, 1.82) is 5.26 Å². The van der Waals surface area contributed by atoms with Gasteiger partial charge in [0.15, 0.2) is 0 Å². The smallest absolute Gasteiger partial charge is 0.147 e. The Kier molecular flexibility index (Phi) is 3.05. The zero-order valence-corrected chi connectivity index (χ0v) is 7.92. The molecule has 0 aliphatic rings. The van der Waals surface area contributed by atoms with Crippen molar-refractivity contribution in [2.75, 3.05) is 5.73 Å². The fraction of sp³-hybridized carbons (Fsp3) is 0.300. The highest BCUT2D eigenvalue weighted by molar-refractivity contribution is 5.56. The molecule has 0 radical (unpaired) electrons. The van der Waals surface area contributed by atoms with E-state index < -0.39 is 5.82 Å². The van der Waals surface area contributed by atoms with Gasteiger partial charge in [-0.05, 0) is 12.5 Å². The summed E-state index contributed by atoms with van der Waals surface area (Å²) >= 11 is 0. The molecule has 0 aliphatic carbocycles. The van der Waals surface area contributed by atoms with Gasteiger partial charge in [-0.15, -0.1) is 0 Å². The summed E-state index contributed by atoms with van der Waals surface area (Å²) < 4.78 is 13.6. The highest BCUT2D eigenvalue weighted by atomic mass is 19.1. The number of benzene rings is 1. The second kappa shape index (κ2) is 4.07. The van der Waals surface area contributed by atoms with Crippen LogP contribution in [0.25, 0.3) is 0 Å². The van der Waals surface area contributed by atoms with E-state index in [1.807, 2.05) is 6.92 Å². The predicted molar refractivity (Wildman–Crippen MR) is 52.7 cm³/mol. The van der Waals surface area contributed by atoms with E-state index in [0.29, 0.717) is 12.0 Å². The molecule has 14 heavy (non-hydrogen) atoms. The quantitative estimate of drug-likeness (QED) is 0.702. The molecule has 3 nitrogen and oxygen atoms in total. The number of nitriles is 1. The first-order valence-corrected chi connectivity index (χ1v) is 4.35. The molecular formula is C10H12FN3.